The van der Waals surface area contributed by atoms with Gasteiger partial charge in [-0.15, -0.1) is 0 Å². The van der Waals surface area contributed by atoms with E-state index in [9.17, 15) is 19.1 Å². The first kappa shape index (κ1) is 25.9. The Bertz CT molecular complexity index is 1290. The highest BCUT2D eigenvalue weighted by Crippen LogP contribution is 2.42. The molecule has 1 saturated heterocycles. The Balaban J connectivity index is 1.81. The van der Waals surface area contributed by atoms with Gasteiger partial charge in [-0.2, -0.15) is 0 Å². The molecule has 0 spiro atoms. The minimum Gasteiger partial charge on any atom is -0.507 e. The first-order valence-corrected chi connectivity index (χ1v) is 12.4. The van der Waals surface area contributed by atoms with Crippen molar-refractivity contribution in [3.8, 4) is 11.5 Å². The van der Waals surface area contributed by atoms with Gasteiger partial charge in [-0.1, -0.05) is 43.3 Å². The zero-order valence-corrected chi connectivity index (χ0v) is 20.9. The quantitative estimate of drug-likeness (QED) is 0.219. The fourth-order valence-corrected chi connectivity index (χ4v) is 4.41. The fraction of sp³-hybridized carbons (Fsp3) is 0.267. The third-order valence-electron chi connectivity index (χ3n) is 6.19. The lowest BCUT2D eigenvalue weighted by molar-refractivity contribution is -0.139. The van der Waals surface area contributed by atoms with Gasteiger partial charge in [0.2, 0.25) is 0 Å². The molecule has 6 nitrogen and oxygen atoms in total. The largest absolute Gasteiger partial charge is 0.507 e. The second-order valence-corrected chi connectivity index (χ2v) is 8.72. The lowest BCUT2D eigenvalue weighted by atomic mass is 9.94. The van der Waals surface area contributed by atoms with Crippen LogP contribution in [-0.2, 0) is 16.0 Å². The molecule has 1 amide bonds. The van der Waals surface area contributed by atoms with Gasteiger partial charge in [0.15, 0.2) is 11.5 Å². The molecule has 0 radical (unpaired) electrons. The molecule has 1 unspecified atom stereocenters. The minimum absolute atomic E-state index is 0.0469. The molecule has 4 rings (SSSR count). The lowest BCUT2D eigenvalue weighted by Crippen LogP contribution is -2.31. The fourth-order valence-electron chi connectivity index (χ4n) is 4.41. The van der Waals surface area contributed by atoms with Gasteiger partial charge in [-0.05, 0) is 67.3 Å². The van der Waals surface area contributed by atoms with E-state index in [-0.39, 0.29) is 23.4 Å². The summed E-state index contributed by atoms with van der Waals surface area (Å²) < 4.78 is 25.2. The molecule has 1 N–H and O–H groups in total. The number of ether oxygens (including phenoxy) is 2. The van der Waals surface area contributed by atoms with Crippen LogP contribution in [0.4, 0.5) is 4.39 Å². The summed E-state index contributed by atoms with van der Waals surface area (Å²) in [5.74, 6) is -1.26. The van der Waals surface area contributed by atoms with Gasteiger partial charge in [-0.3, -0.25) is 9.59 Å². The summed E-state index contributed by atoms with van der Waals surface area (Å²) in [5, 5.41) is 11.2. The zero-order chi connectivity index (χ0) is 26.4. The molecule has 3 aromatic rings. The molecular weight excluding hydrogens is 473 g/mol. The van der Waals surface area contributed by atoms with E-state index in [4.69, 9.17) is 9.47 Å². The molecule has 0 saturated carbocycles. The molecule has 192 valence electrons. The van der Waals surface area contributed by atoms with Gasteiger partial charge in [0.05, 0.1) is 24.8 Å². The summed E-state index contributed by atoms with van der Waals surface area (Å²) in [5.41, 5.74) is 1.82. The molecule has 37 heavy (non-hydrogen) atoms. The predicted molar refractivity (Wildman–Crippen MR) is 139 cm³/mol. The van der Waals surface area contributed by atoms with Crippen LogP contribution in [0.5, 0.6) is 11.5 Å². The zero-order valence-electron chi connectivity index (χ0n) is 20.9. The SMILES string of the molecule is CCCOc1ccc(C2C(=C(O)c3ccc(F)cc3)C(=O)C(=O)N2CCc2ccccc2)cc1OCC. The Hall–Kier alpha value is -4.13. The molecule has 1 atom stereocenters. The number of carbonyl (C=O) groups excluding carboxylic acids is 2. The van der Waals surface area contributed by atoms with Crippen LogP contribution in [-0.4, -0.2) is 41.5 Å². The molecular formula is C30H30FNO5. The van der Waals surface area contributed by atoms with Crippen molar-refractivity contribution in [2.24, 2.45) is 0 Å². The van der Waals surface area contributed by atoms with Crippen LogP contribution in [0, 0.1) is 5.82 Å². The summed E-state index contributed by atoms with van der Waals surface area (Å²) >= 11 is 0. The van der Waals surface area contributed by atoms with Crippen LogP contribution in [0.2, 0.25) is 0 Å². The lowest BCUT2D eigenvalue weighted by Gasteiger charge is -2.26. The van der Waals surface area contributed by atoms with E-state index in [0.717, 1.165) is 12.0 Å². The number of hydrogen-bond acceptors (Lipinski definition) is 5. The number of benzene rings is 3. The van der Waals surface area contributed by atoms with Crippen LogP contribution >= 0.6 is 0 Å². The van der Waals surface area contributed by atoms with Crippen molar-refractivity contribution >= 4 is 17.4 Å². The normalized spacial score (nSPS) is 16.7. The first-order valence-electron chi connectivity index (χ1n) is 12.4. The van der Waals surface area contributed by atoms with Crippen molar-refractivity contribution in [1.82, 2.24) is 4.90 Å². The van der Waals surface area contributed by atoms with E-state index in [1.54, 1.807) is 18.2 Å². The Kier molecular flexibility index (Phi) is 8.23. The second kappa shape index (κ2) is 11.7. The predicted octanol–water partition coefficient (Wildman–Crippen LogP) is 5.68. The number of aliphatic hydroxyl groups excluding tert-OH is 1. The van der Waals surface area contributed by atoms with E-state index in [1.807, 2.05) is 44.2 Å². The maximum Gasteiger partial charge on any atom is 0.295 e. The number of rotatable bonds is 10. The number of likely N-dealkylation sites (tertiary alicyclic amines) is 1. The van der Waals surface area contributed by atoms with E-state index in [2.05, 4.69) is 0 Å². The Morgan fingerprint density at radius 1 is 0.946 bits per heavy atom. The highest BCUT2D eigenvalue weighted by molar-refractivity contribution is 6.46. The van der Waals surface area contributed by atoms with Gasteiger partial charge < -0.3 is 19.5 Å². The van der Waals surface area contributed by atoms with Crippen molar-refractivity contribution in [1.29, 1.82) is 0 Å². The van der Waals surface area contributed by atoms with Gasteiger partial charge in [0, 0.05) is 12.1 Å². The van der Waals surface area contributed by atoms with Crippen LogP contribution in [0.1, 0.15) is 43.0 Å². The standard InChI is InChI=1S/C30H30FNO5/c1-3-18-37-24-15-12-22(19-25(24)36-4-2)27-26(28(33)21-10-13-23(31)14-11-21)29(34)30(35)32(27)17-16-20-8-6-5-7-9-20/h5-15,19,27,33H,3-4,16-18H2,1-2H3. The van der Waals surface area contributed by atoms with Crippen LogP contribution in [0.25, 0.3) is 5.76 Å². The molecule has 0 aromatic heterocycles. The number of ketones is 1. The monoisotopic (exact) mass is 503 g/mol. The maximum absolute atomic E-state index is 13.5. The number of aliphatic hydroxyl groups is 1. The summed E-state index contributed by atoms with van der Waals surface area (Å²) in [6.45, 7) is 5.04. The van der Waals surface area contributed by atoms with Gasteiger partial charge >= 0.3 is 0 Å². The topological polar surface area (TPSA) is 76.1 Å². The van der Waals surface area contributed by atoms with Crippen molar-refractivity contribution in [3.05, 3.63) is 101 Å². The van der Waals surface area contributed by atoms with Gasteiger partial charge in [-0.25, -0.2) is 4.39 Å². The minimum atomic E-state index is -0.854. The van der Waals surface area contributed by atoms with Crippen LogP contribution < -0.4 is 9.47 Å². The molecule has 1 aliphatic heterocycles. The van der Waals surface area contributed by atoms with Crippen molar-refractivity contribution in [2.75, 3.05) is 19.8 Å². The van der Waals surface area contributed by atoms with Crippen molar-refractivity contribution in [2.45, 2.75) is 32.7 Å². The molecule has 3 aromatic carbocycles. The first-order chi connectivity index (χ1) is 17.9. The summed E-state index contributed by atoms with van der Waals surface area (Å²) in [6, 6.07) is 19.2. The number of halogens is 1. The Morgan fingerprint density at radius 2 is 1.68 bits per heavy atom. The molecule has 1 heterocycles. The summed E-state index contributed by atoms with van der Waals surface area (Å²) in [7, 11) is 0. The van der Waals surface area contributed by atoms with E-state index >= 15 is 0 Å². The molecule has 0 aliphatic carbocycles. The number of hydrogen-bond donors (Lipinski definition) is 1. The summed E-state index contributed by atoms with van der Waals surface area (Å²) in [4.78, 5) is 28.0. The average molecular weight is 504 g/mol. The van der Waals surface area contributed by atoms with Crippen LogP contribution in [0.3, 0.4) is 0 Å². The molecule has 0 bridgehead atoms. The van der Waals surface area contributed by atoms with E-state index in [0.29, 0.717) is 36.7 Å². The molecule has 1 aliphatic rings. The van der Waals surface area contributed by atoms with Crippen LogP contribution in [0.15, 0.2) is 78.4 Å². The number of nitrogens with zero attached hydrogens (tertiary/aromatic N) is 1. The summed E-state index contributed by atoms with van der Waals surface area (Å²) in [6.07, 6.45) is 1.35. The highest BCUT2D eigenvalue weighted by atomic mass is 19.1. The maximum atomic E-state index is 13.5. The number of carbonyl (C=O) groups is 2. The Labute approximate surface area is 215 Å². The second-order valence-electron chi connectivity index (χ2n) is 8.72. The van der Waals surface area contributed by atoms with E-state index < -0.39 is 23.5 Å². The highest BCUT2D eigenvalue weighted by Gasteiger charge is 2.46. The van der Waals surface area contributed by atoms with E-state index in [1.165, 1.54) is 29.2 Å². The van der Waals surface area contributed by atoms with Gasteiger partial charge in [0.1, 0.15) is 11.6 Å². The Morgan fingerprint density at radius 3 is 2.35 bits per heavy atom. The third-order valence-corrected chi connectivity index (χ3v) is 6.19. The van der Waals surface area contributed by atoms with Crippen molar-refractivity contribution < 1.29 is 28.6 Å². The average Bonchev–Trinajstić information content (AvgIpc) is 3.17. The van der Waals surface area contributed by atoms with Gasteiger partial charge in [0.25, 0.3) is 11.7 Å². The molecule has 7 heteroatoms. The number of Topliss-reactive ketones (excluding diaryl/α,β-unsaturated/α-hetero) is 1. The van der Waals surface area contributed by atoms with Crippen molar-refractivity contribution in [3.63, 3.8) is 0 Å². The number of amides is 1. The third kappa shape index (κ3) is 5.66. The molecule has 1 fully saturated rings. The smallest absolute Gasteiger partial charge is 0.295 e.